The van der Waals surface area contributed by atoms with Gasteiger partial charge in [-0.25, -0.2) is 0 Å². The molecule has 8 heteroatoms. The second-order valence-electron chi connectivity index (χ2n) is 7.44. The summed E-state index contributed by atoms with van der Waals surface area (Å²) < 4.78 is 5.31. The van der Waals surface area contributed by atoms with Crippen molar-refractivity contribution in [1.29, 1.82) is 0 Å². The third-order valence-corrected chi connectivity index (χ3v) is 6.19. The number of nitrogens with one attached hydrogen (secondary N) is 2. The molecule has 1 aromatic rings. The third kappa shape index (κ3) is 6.55. The van der Waals surface area contributed by atoms with E-state index in [1.54, 1.807) is 11.3 Å². The average Bonchev–Trinajstić information content (AvgIpc) is 3.11. The summed E-state index contributed by atoms with van der Waals surface area (Å²) in [6.07, 6.45) is 4.92. The fourth-order valence-electron chi connectivity index (χ4n) is 3.83. The van der Waals surface area contributed by atoms with Crippen molar-refractivity contribution in [3.8, 4) is 0 Å². The molecule has 2 N–H and O–H groups in total. The zero-order valence-electron chi connectivity index (χ0n) is 16.5. The van der Waals surface area contributed by atoms with E-state index in [4.69, 9.17) is 4.74 Å². The minimum atomic E-state index is -0.548. The topological polar surface area (TPSA) is 73.9 Å². The number of morpholine rings is 1. The van der Waals surface area contributed by atoms with Crippen molar-refractivity contribution in [2.45, 2.75) is 31.7 Å². The summed E-state index contributed by atoms with van der Waals surface area (Å²) in [6, 6.07) is 2.25. The van der Waals surface area contributed by atoms with Gasteiger partial charge in [-0.15, -0.1) is 0 Å². The Labute approximate surface area is 171 Å². The Morgan fingerprint density at radius 2 is 1.75 bits per heavy atom. The van der Waals surface area contributed by atoms with Gasteiger partial charge in [0.2, 0.25) is 0 Å². The quantitative estimate of drug-likeness (QED) is 0.664. The van der Waals surface area contributed by atoms with E-state index in [2.05, 4.69) is 37.3 Å². The minimum absolute atomic E-state index is 0.134. The number of amides is 2. The molecule has 156 valence electrons. The standard InChI is InChI=1S/C20H32N4O3S/c25-19(21-6-9-23-10-12-27-13-11-23)20(26)22-15-18(17-5-14-28-16-17)24-7-3-1-2-4-8-24/h5,14,16,18H,1-4,6-13,15H2,(H,21,25)(H,22,26). The number of hydrogen-bond acceptors (Lipinski definition) is 6. The lowest BCUT2D eigenvalue weighted by Crippen LogP contribution is -2.46. The fraction of sp³-hybridized carbons (Fsp3) is 0.700. The van der Waals surface area contributed by atoms with Crippen molar-refractivity contribution in [2.24, 2.45) is 0 Å². The molecule has 0 aliphatic carbocycles. The molecule has 0 aromatic carbocycles. The number of thiophene rings is 1. The van der Waals surface area contributed by atoms with Gasteiger partial charge in [0, 0.05) is 32.7 Å². The number of carbonyl (C=O) groups is 2. The lowest BCUT2D eigenvalue weighted by atomic mass is 10.1. The van der Waals surface area contributed by atoms with E-state index >= 15 is 0 Å². The molecule has 0 spiro atoms. The van der Waals surface area contributed by atoms with Gasteiger partial charge in [-0.05, 0) is 48.3 Å². The summed E-state index contributed by atoms with van der Waals surface area (Å²) in [6.45, 7) is 6.99. The average molecular weight is 409 g/mol. The first-order valence-corrected chi connectivity index (χ1v) is 11.3. The van der Waals surface area contributed by atoms with Gasteiger partial charge in [0.15, 0.2) is 0 Å². The van der Waals surface area contributed by atoms with Gasteiger partial charge in [-0.2, -0.15) is 11.3 Å². The van der Waals surface area contributed by atoms with Gasteiger partial charge in [0.05, 0.1) is 19.3 Å². The van der Waals surface area contributed by atoms with Crippen LogP contribution in [-0.4, -0.2) is 80.6 Å². The molecule has 3 heterocycles. The van der Waals surface area contributed by atoms with Crippen LogP contribution < -0.4 is 10.6 Å². The molecule has 1 unspecified atom stereocenters. The van der Waals surface area contributed by atoms with Crippen LogP contribution in [0.25, 0.3) is 0 Å². The van der Waals surface area contributed by atoms with E-state index in [0.717, 1.165) is 45.9 Å². The normalized spacial score (nSPS) is 20.3. The Morgan fingerprint density at radius 1 is 1.04 bits per heavy atom. The van der Waals surface area contributed by atoms with Crippen LogP contribution in [0.3, 0.4) is 0 Å². The summed E-state index contributed by atoms with van der Waals surface area (Å²) in [5, 5.41) is 9.80. The Balaban J connectivity index is 1.45. The molecule has 7 nitrogen and oxygen atoms in total. The molecule has 0 saturated carbocycles. The van der Waals surface area contributed by atoms with E-state index in [1.807, 2.05) is 0 Å². The van der Waals surface area contributed by atoms with Gasteiger partial charge in [0.25, 0.3) is 0 Å². The molecular weight excluding hydrogens is 376 g/mol. The van der Waals surface area contributed by atoms with E-state index in [-0.39, 0.29) is 6.04 Å². The fourth-order valence-corrected chi connectivity index (χ4v) is 4.54. The van der Waals surface area contributed by atoms with Crippen LogP contribution >= 0.6 is 11.3 Å². The van der Waals surface area contributed by atoms with Crippen LogP contribution in [0.1, 0.15) is 37.3 Å². The number of likely N-dealkylation sites (tertiary alicyclic amines) is 1. The molecule has 2 aliphatic rings. The summed E-state index contributed by atoms with van der Waals surface area (Å²) >= 11 is 1.67. The molecule has 2 fully saturated rings. The zero-order chi connectivity index (χ0) is 19.6. The molecule has 3 rings (SSSR count). The molecule has 2 saturated heterocycles. The zero-order valence-corrected chi connectivity index (χ0v) is 17.3. The third-order valence-electron chi connectivity index (χ3n) is 5.49. The molecule has 28 heavy (non-hydrogen) atoms. The summed E-state index contributed by atoms with van der Waals surface area (Å²) in [7, 11) is 0. The first-order valence-electron chi connectivity index (χ1n) is 10.4. The molecule has 0 bridgehead atoms. The molecule has 2 aliphatic heterocycles. The van der Waals surface area contributed by atoms with Gasteiger partial charge in [0.1, 0.15) is 0 Å². The first kappa shape index (κ1) is 21.2. The number of nitrogens with zero attached hydrogens (tertiary/aromatic N) is 2. The van der Waals surface area contributed by atoms with Gasteiger partial charge in [-0.3, -0.25) is 19.4 Å². The van der Waals surface area contributed by atoms with Crippen molar-refractivity contribution in [3.63, 3.8) is 0 Å². The van der Waals surface area contributed by atoms with Crippen molar-refractivity contribution < 1.29 is 14.3 Å². The van der Waals surface area contributed by atoms with Gasteiger partial charge in [-0.1, -0.05) is 12.8 Å². The Morgan fingerprint density at radius 3 is 2.43 bits per heavy atom. The maximum Gasteiger partial charge on any atom is 0.309 e. The van der Waals surface area contributed by atoms with Crippen LogP contribution in [-0.2, 0) is 14.3 Å². The predicted octanol–water partition coefficient (Wildman–Crippen LogP) is 1.23. The second-order valence-corrected chi connectivity index (χ2v) is 8.22. The lowest BCUT2D eigenvalue weighted by molar-refractivity contribution is -0.139. The van der Waals surface area contributed by atoms with Crippen LogP contribution in [0.15, 0.2) is 16.8 Å². The van der Waals surface area contributed by atoms with Crippen molar-refractivity contribution in [1.82, 2.24) is 20.4 Å². The van der Waals surface area contributed by atoms with Crippen LogP contribution in [0.4, 0.5) is 0 Å². The molecule has 0 radical (unpaired) electrons. The smallest absolute Gasteiger partial charge is 0.309 e. The highest BCUT2D eigenvalue weighted by atomic mass is 32.1. The minimum Gasteiger partial charge on any atom is -0.379 e. The van der Waals surface area contributed by atoms with Crippen LogP contribution in [0, 0.1) is 0 Å². The van der Waals surface area contributed by atoms with E-state index in [0.29, 0.717) is 13.1 Å². The Hall–Kier alpha value is -1.48. The highest BCUT2D eigenvalue weighted by Gasteiger charge is 2.24. The van der Waals surface area contributed by atoms with Gasteiger partial charge >= 0.3 is 11.8 Å². The Kier molecular flexibility index (Phi) is 8.72. The number of hydrogen-bond donors (Lipinski definition) is 2. The summed E-state index contributed by atoms with van der Waals surface area (Å²) in [5.41, 5.74) is 1.22. The number of rotatable bonds is 7. The van der Waals surface area contributed by atoms with Crippen LogP contribution in [0.2, 0.25) is 0 Å². The number of ether oxygens (including phenoxy) is 1. The van der Waals surface area contributed by atoms with E-state index in [1.165, 1.54) is 31.2 Å². The highest BCUT2D eigenvalue weighted by molar-refractivity contribution is 7.07. The lowest BCUT2D eigenvalue weighted by Gasteiger charge is -2.30. The first-order chi connectivity index (χ1) is 13.7. The molecule has 1 atom stereocenters. The Bertz CT molecular complexity index is 597. The number of carbonyl (C=O) groups excluding carboxylic acids is 2. The maximum atomic E-state index is 12.3. The molecular formula is C20H32N4O3S. The highest BCUT2D eigenvalue weighted by Crippen LogP contribution is 2.25. The SMILES string of the molecule is O=C(NCCN1CCOCC1)C(=O)NCC(c1ccsc1)N1CCCCCC1. The van der Waals surface area contributed by atoms with E-state index in [9.17, 15) is 9.59 Å². The monoisotopic (exact) mass is 408 g/mol. The maximum absolute atomic E-state index is 12.3. The summed E-state index contributed by atoms with van der Waals surface area (Å²) in [4.78, 5) is 29.1. The summed E-state index contributed by atoms with van der Waals surface area (Å²) in [5.74, 6) is -1.09. The van der Waals surface area contributed by atoms with Crippen molar-refractivity contribution in [2.75, 3.05) is 59.0 Å². The largest absolute Gasteiger partial charge is 0.379 e. The van der Waals surface area contributed by atoms with Crippen molar-refractivity contribution in [3.05, 3.63) is 22.4 Å². The predicted molar refractivity (Wildman–Crippen MR) is 110 cm³/mol. The van der Waals surface area contributed by atoms with Crippen molar-refractivity contribution >= 4 is 23.2 Å². The van der Waals surface area contributed by atoms with Gasteiger partial charge < -0.3 is 15.4 Å². The molecule has 2 amide bonds. The second kappa shape index (κ2) is 11.5. The van der Waals surface area contributed by atoms with E-state index < -0.39 is 11.8 Å². The molecule has 1 aromatic heterocycles. The van der Waals surface area contributed by atoms with Crippen LogP contribution in [0.5, 0.6) is 0 Å².